The first-order valence-corrected chi connectivity index (χ1v) is 4.41. The van der Waals surface area contributed by atoms with Crippen molar-refractivity contribution in [3.8, 4) is 6.07 Å². The van der Waals surface area contributed by atoms with E-state index >= 15 is 0 Å². The van der Waals surface area contributed by atoms with Crippen LogP contribution in [0.5, 0.6) is 0 Å². The van der Waals surface area contributed by atoms with Gasteiger partial charge in [0, 0.05) is 5.57 Å². The minimum Gasteiger partial charge on any atom is -0.465 e. The van der Waals surface area contributed by atoms with E-state index in [0.29, 0.717) is 0 Å². The maximum atomic E-state index is 11.1. The van der Waals surface area contributed by atoms with Gasteiger partial charge < -0.3 is 9.47 Å². The maximum Gasteiger partial charge on any atom is 0.333 e. The molecular weight excluding hydrogens is 198 g/mol. The van der Waals surface area contributed by atoms with E-state index in [1.54, 1.807) is 13.0 Å². The third-order valence-corrected chi connectivity index (χ3v) is 1.46. The lowest BCUT2D eigenvalue weighted by atomic mass is 10.2. The van der Waals surface area contributed by atoms with Crippen molar-refractivity contribution in [3.05, 3.63) is 12.2 Å². The molecule has 0 aliphatic carbocycles. The van der Waals surface area contributed by atoms with Crippen LogP contribution in [0, 0.1) is 17.2 Å². The summed E-state index contributed by atoms with van der Waals surface area (Å²) in [5.41, 5.74) is 0.218. The number of hydrogen-bond donors (Lipinski definition) is 0. The molecule has 0 amide bonds. The van der Waals surface area contributed by atoms with E-state index in [0.717, 1.165) is 0 Å². The van der Waals surface area contributed by atoms with Crippen LogP contribution in [0.3, 0.4) is 0 Å². The SMILES string of the molecule is C=C(C)C(=O)OCC(C#N)C(=O)OCC. The van der Waals surface area contributed by atoms with Crippen molar-refractivity contribution in [1.29, 1.82) is 5.26 Å². The van der Waals surface area contributed by atoms with Gasteiger partial charge in [0.25, 0.3) is 0 Å². The number of carbonyl (C=O) groups is 2. The summed E-state index contributed by atoms with van der Waals surface area (Å²) in [6.45, 7) is 6.36. The van der Waals surface area contributed by atoms with Crippen molar-refractivity contribution in [2.45, 2.75) is 13.8 Å². The Bertz CT molecular complexity index is 303. The summed E-state index contributed by atoms with van der Waals surface area (Å²) in [7, 11) is 0. The highest BCUT2D eigenvalue weighted by molar-refractivity contribution is 5.87. The largest absolute Gasteiger partial charge is 0.465 e. The lowest BCUT2D eigenvalue weighted by Crippen LogP contribution is -2.23. The monoisotopic (exact) mass is 211 g/mol. The molecule has 0 N–H and O–H groups in total. The number of nitrogens with zero attached hydrogens (tertiary/aromatic N) is 1. The minimum absolute atomic E-state index is 0.186. The van der Waals surface area contributed by atoms with E-state index in [4.69, 9.17) is 5.26 Å². The van der Waals surface area contributed by atoms with Crippen molar-refractivity contribution < 1.29 is 19.1 Å². The van der Waals surface area contributed by atoms with Crippen LogP contribution in [0.4, 0.5) is 0 Å². The maximum absolute atomic E-state index is 11.1. The molecule has 5 heteroatoms. The molecule has 0 bridgehead atoms. The first-order valence-electron chi connectivity index (χ1n) is 4.41. The lowest BCUT2D eigenvalue weighted by molar-refractivity contribution is -0.150. The topological polar surface area (TPSA) is 76.4 Å². The van der Waals surface area contributed by atoms with Gasteiger partial charge in [-0.3, -0.25) is 4.79 Å². The molecule has 0 aliphatic heterocycles. The van der Waals surface area contributed by atoms with Crippen LogP contribution >= 0.6 is 0 Å². The van der Waals surface area contributed by atoms with Crippen LogP contribution in [0.1, 0.15) is 13.8 Å². The van der Waals surface area contributed by atoms with Gasteiger partial charge in [-0.25, -0.2) is 4.79 Å². The molecular formula is C10H13NO4. The first-order chi connectivity index (χ1) is 7.02. The zero-order valence-corrected chi connectivity index (χ0v) is 8.78. The van der Waals surface area contributed by atoms with Gasteiger partial charge in [-0.1, -0.05) is 6.58 Å². The summed E-state index contributed by atoms with van der Waals surface area (Å²) in [6, 6.07) is 1.70. The zero-order valence-electron chi connectivity index (χ0n) is 8.78. The van der Waals surface area contributed by atoms with Crippen molar-refractivity contribution in [2.24, 2.45) is 5.92 Å². The Hall–Kier alpha value is -1.83. The third kappa shape index (κ3) is 4.81. The quantitative estimate of drug-likeness (QED) is 0.496. The highest BCUT2D eigenvalue weighted by Crippen LogP contribution is 2.02. The van der Waals surface area contributed by atoms with Gasteiger partial charge in [0.2, 0.25) is 0 Å². The standard InChI is InChI=1S/C10H13NO4/c1-4-14-10(13)8(5-11)6-15-9(12)7(2)3/h8H,2,4,6H2,1,3H3. The predicted octanol–water partition coefficient (Wildman–Crippen LogP) is 0.809. The number of rotatable bonds is 5. The summed E-state index contributed by atoms with van der Waals surface area (Å²) in [6.07, 6.45) is 0. The van der Waals surface area contributed by atoms with Gasteiger partial charge in [0.1, 0.15) is 6.61 Å². The van der Waals surface area contributed by atoms with Crippen LogP contribution < -0.4 is 0 Å². The molecule has 1 atom stereocenters. The summed E-state index contributed by atoms with van der Waals surface area (Å²) in [5.74, 6) is -2.39. The Kier molecular flexibility index (Phi) is 5.79. The molecule has 0 rings (SSSR count). The molecule has 0 aromatic heterocycles. The van der Waals surface area contributed by atoms with E-state index in [1.165, 1.54) is 6.92 Å². The lowest BCUT2D eigenvalue weighted by Gasteiger charge is -2.08. The fourth-order valence-corrected chi connectivity index (χ4v) is 0.683. The molecule has 82 valence electrons. The molecule has 0 spiro atoms. The van der Waals surface area contributed by atoms with E-state index < -0.39 is 17.9 Å². The van der Waals surface area contributed by atoms with Crippen molar-refractivity contribution >= 4 is 11.9 Å². The second-order valence-electron chi connectivity index (χ2n) is 2.81. The van der Waals surface area contributed by atoms with Gasteiger partial charge in [-0.05, 0) is 13.8 Å². The van der Waals surface area contributed by atoms with Crippen molar-refractivity contribution in [3.63, 3.8) is 0 Å². The Balaban J connectivity index is 4.13. The van der Waals surface area contributed by atoms with E-state index in [-0.39, 0.29) is 18.8 Å². The molecule has 5 nitrogen and oxygen atoms in total. The minimum atomic E-state index is -1.08. The zero-order chi connectivity index (χ0) is 11.8. The molecule has 0 saturated carbocycles. The molecule has 15 heavy (non-hydrogen) atoms. The Morgan fingerprint density at radius 1 is 1.47 bits per heavy atom. The van der Waals surface area contributed by atoms with Gasteiger partial charge in [-0.2, -0.15) is 5.26 Å². The van der Waals surface area contributed by atoms with Crippen molar-refractivity contribution in [2.75, 3.05) is 13.2 Å². The molecule has 0 heterocycles. The van der Waals surface area contributed by atoms with Gasteiger partial charge >= 0.3 is 11.9 Å². The van der Waals surface area contributed by atoms with E-state index in [2.05, 4.69) is 16.1 Å². The third-order valence-electron chi connectivity index (χ3n) is 1.46. The highest BCUT2D eigenvalue weighted by atomic mass is 16.5. The first kappa shape index (κ1) is 13.2. The average Bonchev–Trinajstić information content (AvgIpc) is 2.18. The number of carbonyl (C=O) groups excluding carboxylic acids is 2. The molecule has 0 aromatic rings. The van der Waals surface area contributed by atoms with Crippen molar-refractivity contribution in [1.82, 2.24) is 0 Å². The summed E-state index contributed by atoms with van der Waals surface area (Å²) in [5, 5.41) is 8.61. The molecule has 0 saturated heterocycles. The predicted molar refractivity (Wildman–Crippen MR) is 51.5 cm³/mol. The second-order valence-corrected chi connectivity index (χ2v) is 2.81. The summed E-state index contributed by atoms with van der Waals surface area (Å²) < 4.78 is 9.27. The van der Waals surface area contributed by atoms with Gasteiger partial charge in [0.05, 0.1) is 12.7 Å². The number of ether oxygens (including phenoxy) is 2. The van der Waals surface area contributed by atoms with E-state index in [9.17, 15) is 9.59 Å². The van der Waals surface area contributed by atoms with Crippen LogP contribution in [0.15, 0.2) is 12.2 Å². The number of esters is 2. The Morgan fingerprint density at radius 3 is 2.47 bits per heavy atom. The normalized spacial score (nSPS) is 11.0. The molecule has 0 fully saturated rings. The molecule has 0 aliphatic rings. The van der Waals surface area contributed by atoms with Gasteiger partial charge in [-0.15, -0.1) is 0 Å². The van der Waals surface area contributed by atoms with Crippen LogP contribution in [-0.4, -0.2) is 25.2 Å². The van der Waals surface area contributed by atoms with Gasteiger partial charge in [0.15, 0.2) is 5.92 Å². The Morgan fingerprint density at radius 2 is 2.07 bits per heavy atom. The summed E-state index contributed by atoms with van der Waals surface area (Å²) >= 11 is 0. The average molecular weight is 211 g/mol. The fraction of sp³-hybridized carbons (Fsp3) is 0.500. The molecule has 0 aromatic carbocycles. The highest BCUT2D eigenvalue weighted by Gasteiger charge is 2.21. The fourth-order valence-electron chi connectivity index (χ4n) is 0.683. The molecule has 1 unspecified atom stereocenters. The van der Waals surface area contributed by atoms with Crippen LogP contribution in [-0.2, 0) is 19.1 Å². The second kappa shape index (κ2) is 6.60. The molecule has 0 radical (unpaired) electrons. The van der Waals surface area contributed by atoms with Crippen LogP contribution in [0.25, 0.3) is 0 Å². The summed E-state index contributed by atoms with van der Waals surface area (Å²) in [4.78, 5) is 22.1. The van der Waals surface area contributed by atoms with Crippen LogP contribution in [0.2, 0.25) is 0 Å². The van der Waals surface area contributed by atoms with E-state index in [1.807, 2.05) is 0 Å². The smallest absolute Gasteiger partial charge is 0.333 e. The Labute approximate surface area is 88.3 Å². The number of nitriles is 1. The number of hydrogen-bond acceptors (Lipinski definition) is 5.